The third-order valence-corrected chi connectivity index (χ3v) is 6.47. The Bertz CT molecular complexity index is 800. The number of carboxylic acids is 1. The molecule has 0 bridgehead atoms. The van der Waals surface area contributed by atoms with Gasteiger partial charge in [0.2, 0.25) is 5.91 Å². The molecule has 148 valence electrons. The normalized spacial score (nSPS) is 11.5. The molecule has 3 amide bonds. The number of hydrogen-bond donors (Lipinski definition) is 4. The lowest BCUT2D eigenvalue weighted by Gasteiger charge is -2.20. The third-order valence-electron chi connectivity index (χ3n) is 3.24. The molecule has 1 atom stereocenters. The summed E-state index contributed by atoms with van der Waals surface area (Å²) in [5.74, 6) is -2.76. The van der Waals surface area contributed by atoms with Crippen LogP contribution in [0.1, 0.15) is 27.6 Å². The molecule has 0 aliphatic carbocycles. The molecule has 1 aromatic carbocycles. The maximum Gasteiger partial charge on any atom is 0.328 e. The highest BCUT2D eigenvalue weighted by molar-refractivity contribution is 14.1. The van der Waals surface area contributed by atoms with Gasteiger partial charge in [-0.2, -0.15) is 0 Å². The summed E-state index contributed by atoms with van der Waals surface area (Å²) < 4.78 is 6.02. The van der Waals surface area contributed by atoms with Crippen molar-refractivity contribution in [2.24, 2.45) is 0 Å². The Morgan fingerprint density at radius 2 is 1.56 bits per heavy atom. The van der Waals surface area contributed by atoms with E-state index in [0.29, 0.717) is 16.4 Å². The molecule has 4 N–H and O–H groups in total. The van der Waals surface area contributed by atoms with Crippen LogP contribution in [0.3, 0.4) is 0 Å². The SMILES string of the molecule is CNC(=O)c1c(I)c(NC(C)=O)c(I)c(C(=O)N[C@@H](COC)C(=O)O)c1I. The molecule has 0 aliphatic heterocycles. The summed E-state index contributed by atoms with van der Waals surface area (Å²) in [7, 11) is 2.77. The van der Waals surface area contributed by atoms with Crippen molar-refractivity contribution in [2.45, 2.75) is 13.0 Å². The van der Waals surface area contributed by atoms with E-state index >= 15 is 0 Å². The number of hydrogen-bond acceptors (Lipinski definition) is 5. The second-order valence-corrected chi connectivity index (χ2v) is 8.38. The van der Waals surface area contributed by atoms with Crippen molar-refractivity contribution >= 4 is 97.2 Å². The van der Waals surface area contributed by atoms with E-state index in [9.17, 15) is 24.3 Å². The lowest BCUT2D eigenvalue weighted by molar-refractivity contribution is -0.140. The summed E-state index contributed by atoms with van der Waals surface area (Å²) in [4.78, 5) is 48.0. The van der Waals surface area contributed by atoms with Gasteiger partial charge in [-0.3, -0.25) is 14.4 Å². The highest BCUT2D eigenvalue weighted by atomic mass is 127. The zero-order valence-electron chi connectivity index (χ0n) is 14.4. The smallest absolute Gasteiger partial charge is 0.328 e. The second-order valence-electron chi connectivity index (χ2n) is 5.15. The quantitative estimate of drug-likeness (QED) is 0.318. The highest BCUT2D eigenvalue weighted by Crippen LogP contribution is 2.35. The van der Waals surface area contributed by atoms with Crippen LogP contribution in [0.2, 0.25) is 0 Å². The number of carboxylic acid groups (broad SMARTS) is 1. The lowest BCUT2D eigenvalue weighted by Crippen LogP contribution is -2.44. The molecular formula is C15H16I3N3O6. The Hall–Kier alpha value is -0.750. The van der Waals surface area contributed by atoms with Crippen LogP contribution in [0.15, 0.2) is 0 Å². The molecule has 1 aromatic rings. The molecule has 0 aliphatic rings. The summed E-state index contributed by atoms with van der Waals surface area (Å²) in [6.07, 6.45) is 0. The zero-order valence-corrected chi connectivity index (χ0v) is 20.9. The van der Waals surface area contributed by atoms with Gasteiger partial charge in [-0.15, -0.1) is 0 Å². The van der Waals surface area contributed by atoms with Crippen molar-refractivity contribution in [3.8, 4) is 0 Å². The molecular weight excluding hydrogens is 699 g/mol. The molecule has 0 unspecified atom stereocenters. The van der Waals surface area contributed by atoms with Gasteiger partial charge in [0.15, 0.2) is 6.04 Å². The van der Waals surface area contributed by atoms with Crippen molar-refractivity contribution in [3.63, 3.8) is 0 Å². The Labute approximate surface area is 196 Å². The van der Waals surface area contributed by atoms with Crippen LogP contribution >= 0.6 is 67.8 Å². The predicted octanol–water partition coefficient (Wildman–Crippen LogP) is 1.65. The van der Waals surface area contributed by atoms with E-state index in [1.807, 2.05) is 67.8 Å². The van der Waals surface area contributed by atoms with E-state index in [1.165, 1.54) is 21.1 Å². The number of rotatable bonds is 7. The number of nitrogens with one attached hydrogen (secondary N) is 3. The fourth-order valence-electron chi connectivity index (χ4n) is 2.05. The number of aliphatic carboxylic acids is 1. The molecule has 0 aromatic heterocycles. The summed E-state index contributed by atoms with van der Waals surface area (Å²) in [6.45, 7) is 1.09. The average molecular weight is 715 g/mol. The topological polar surface area (TPSA) is 134 Å². The first kappa shape index (κ1) is 24.3. The number of anilines is 1. The largest absolute Gasteiger partial charge is 0.480 e. The molecule has 9 nitrogen and oxygen atoms in total. The van der Waals surface area contributed by atoms with Crippen LogP contribution in [0.25, 0.3) is 0 Å². The number of ether oxygens (including phenoxy) is 1. The van der Waals surface area contributed by atoms with Gasteiger partial charge in [-0.05, 0) is 67.8 Å². The molecule has 0 heterocycles. The van der Waals surface area contributed by atoms with Crippen molar-refractivity contribution in [2.75, 3.05) is 26.1 Å². The van der Waals surface area contributed by atoms with Gasteiger partial charge in [0.25, 0.3) is 11.8 Å². The summed E-state index contributed by atoms with van der Waals surface area (Å²) in [5, 5.41) is 16.7. The van der Waals surface area contributed by atoms with Gasteiger partial charge in [0.1, 0.15) is 0 Å². The van der Waals surface area contributed by atoms with Crippen LogP contribution in [-0.2, 0) is 14.3 Å². The maximum atomic E-state index is 12.8. The molecule has 0 radical (unpaired) electrons. The minimum Gasteiger partial charge on any atom is -0.480 e. The number of amides is 3. The fraction of sp³-hybridized carbons (Fsp3) is 0.333. The number of methoxy groups -OCH3 is 1. The Balaban J connectivity index is 3.61. The first-order valence-electron chi connectivity index (χ1n) is 7.29. The first-order valence-corrected chi connectivity index (χ1v) is 10.5. The number of halogens is 3. The van der Waals surface area contributed by atoms with E-state index in [2.05, 4.69) is 16.0 Å². The van der Waals surface area contributed by atoms with E-state index in [1.54, 1.807) is 0 Å². The minimum atomic E-state index is -1.26. The molecule has 0 spiro atoms. The van der Waals surface area contributed by atoms with Crippen LogP contribution in [0.4, 0.5) is 5.69 Å². The van der Waals surface area contributed by atoms with Crippen molar-refractivity contribution < 1.29 is 29.0 Å². The van der Waals surface area contributed by atoms with Gasteiger partial charge in [-0.25, -0.2) is 4.79 Å². The molecule has 0 fully saturated rings. The molecule has 27 heavy (non-hydrogen) atoms. The van der Waals surface area contributed by atoms with Crippen LogP contribution < -0.4 is 16.0 Å². The summed E-state index contributed by atoms with van der Waals surface area (Å²) in [6, 6.07) is -1.26. The highest BCUT2D eigenvalue weighted by Gasteiger charge is 2.30. The number of benzene rings is 1. The summed E-state index contributed by atoms with van der Waals surface area (Å²) >= 11 is 5.66. The number of carbonyl (C=O) groups excluding carboxylic acids is 3. The van der Waals surface area contributed by atoms with E-state index in [0.717, 1.165) is 0 Å². The maximum absolute atomic E-state index is 12.8. The van der Waals surface area contributed by atoms with Crippen LogP contribution in [0, 0.1) is 10.7 Å². The Kier molecular flexibility index (Phi) is 9.63. The lowest BCUT2D eigenvalue weighted by atomic mass is 10.1. The van der Waals surface area contributed by atoms with E-state index in [4.69, 9.17) is 4.74 Å². The van der Waals surface area contributed by atoms with Gasteiger partial charge in [0, 0.05) is 24.7 Å². The van der Waals surface area contributed by atoms with Gasteiger partial charge < -0.3 is 25.8 Å². The van der Waals surface area contributed by atoms with Crippen molar-refractivity contribution in [1.82, 2.24) is 10.6 Å². The Morgan fingerprint density at radius 3 is 1.96 bits per heavy atom. The first-order chi connectivity index (χ1) is 12.6. The molecule has 0 saturated heterocycles. The minimum absolute atomic E-state index is 0.0984. The zero-order chi connectivity index (χ0) is 20.9. The average Bonchev–Trinajstić information content (AvgIpc) is 2.57. The van der Waals surface area contributed by atoms with Crippen molar-refractivity contribution in [1.29, 1.82) is 0 Å². The molecule has 0 saturated carbocycles. The number of carbonyl (C=O) groups is 4. The molecule has 12 heteroatoms. The van der Waals surface area contributed by atoms with Crippen molar-refractivity contribution in [3.05, 3.63) is 21.8 Å². The fourth-order valence-corrected chi connectivity index (χ4v) is 6.46. The van der Waals surface area contributed by atoms with Crippen LogP contribution in [0.5, 0.6) is 0 Å². The predicted molar refractivity (Wildman–Crippen MR) is 123 cm³/mol. The Morgan fingerprint density at radius 1 is 1.04 bits per heavy atom. The third kappa shape index (κ3) is 5.86. The second kappa shape index (κ2) is 10.7. The monoisotopic (exact) mass is 715 g/mol. The summed E-state index contributed by atoms with van der Waals surface area (Å²) in [5.41, 5.74) is 0.624. The molecule has 1 rings (SSSR count). The van der Waals surface area contributed by atoms with Gasteiger partial charge >= 0.3 is 5.97 Å². The van der Waals surface area contributed by atoms with Gasteiger partial charge in [0.05, 0.1) is 30.6 Å². The van der Waals surface area contributed by atoms with E-state index in [-0.39, 0.29) is 23.6 Å². The van der Waals surface area contributed by atoms with E-state index < -0.39 is 23.8 Å². The van der Waals surface area contributed by atoms with Crippen LogP contribution in [-0.4, -0.2) is 55.6 Å². The standard InChI is InChI=1S/C15H16I3N3O6/c1-5(22)20-12-10(17)7(13(23)19-2)9(16)8(11(12)18)14(24)21-6(4-27-3)15(25)26/h6H,4H2,1-3H3,(H,19,23)(H,20,22)(H,21,24)(H,25,26)/t6-/m0/s1. The van der Waals surface area contributed by atoms with Gasteiger partial charge in [-0.1, -0.05) is 0 Å².